The maximum atomic E-state index is 13.4. The Labute approximate surface area is 214 Å². The zero-order chi connectivity index (χ0) is 27.0. The third kappa shape index (κ3) is 5.77. The molecule has 0 aliphatic heterocycles. The number of rotatable bonds is 6. The molecule has 1 amide bonds. The number of benzene rings is 3. The molecule has 0 saturated carbocycles. The lowest BCUT2D eigenvalue weighted by molar-refractivity contribution is -0.384. The molecule has 11 heteroatoms. The largest absolute Gasteiger partial charge is 0.416 e. The van der Waals surface area contributed by atoms with Gasteiger partial charge in [0, 0.05) is 23.5 Å². The highest BCUT2D eigenvalue weighted by atomic mass is 32.2. The number of hydrogen-bond donors (Lipinski definition) is 1. The SMILES string of the molecule is CC(C)(C)c1ccccc1NC(=O)CSc1nc2cc([N+](=O)[O-])ccc2n1-c1cccc(C(F)(F)F)c1. The molecule has 37 heavy (non-hydrogen) atoms. The number of para-hydroxylation sites is 1. The van der Waals surface area contributed by atoms with Crippen molar-refractivity contribution < 1.29 is 22.9 Å². The highest BCUT2D eigenvalue weighted by Crippen LogP contribution is 2.35. The summed E-state index contributed by atoms with van der Waals surface area (Å²) >= 11 is 1.02. The molecule has 1 N–H and O–H groups in total. The molecule has 0 spiro atoms. The quantitative estimate of drug-likeness (QED) is 0.166. The second kappa shape index (κ2) is 9.89. The van der Waals surface area contributed by atoms with Crippen LogP contribution in [0.15, 0.2) is 71.9 Å². The lowest BCUT2D eigenvalue weighted by atomic mass is 9.86. The number of hydrogen-bond acceptors (Lipinski definition) is 5. The van der Waals surface area contributed by atoms with Gasteiger partial charge in [0.1, 0.15) is 0 Å². The van der Waals surface area contributed by atoms with Crippen LogP contribution in [0.25, 0.3) is 16.7 Å². The minimum Gasteiger partial charge on any atom is -0.325 e. The molecule has 0 saturated heterocycles. The maximum Gasteiger partial charge on any atom is 0.416 e. The Morgan fingerprint density at radius 2 is 1.78 bits per heavy atom. The number of fused-ring (bicyclic) bond motifs is 1. The molecule has 4 rings (SSSR count). The fourth-order valence-corrected chi connectivity index (χ4v) is 4.72. The number of nitrogens with zero attached hydrogens (tertiary/aromatic N) is 3. The second-order valence-electron chi connectivity index (χ2n) is 9.34. The summed E-state index contributed by atoms with van der Waals surface area (Å²) in [5, 5.41) is 14.4. The topological polar surface area (TPSA) is 90.1 Å². The van der Waals surface area contributed by atoms with Crippen molar-refractivity contribution in [2.45, 2.75) is 37.5 Å². The average molecular weight is 529 g/mol. The summed E-state index contributed by atoms with van der Waals surface area (Å²) in [7, 11) is 0. The number of anilines is 1. The van der Waals surface area contributed by atoms with Crippen LogP contribution in [0.5, 0.6) is 0 Å². The maximum absolute atomic E-state index is 13.4. The molecule has 0 bridgehead atoms. The number of non-ortho nitro benzene ring substituents is 1. The van der Waals surface area contributed by atoms with E-state index in [4.69, 9.17) is 0 Å². The van der Waals surface area contributed by atoms with Gasteiger partial charge >= 0.3 is 6.18 Å². The van der Waals surface area contributed by atoms with Crippen LogP contribution in [-0.2, 0) is 16.4 Å². The van der Waals surface area contributed by atoms with E-state index in [1.807, 2.05) is 39.0 Å². The molecular formula is C26H23F3N4O3S. The number of imidazole rings is 1. The number of halogens is 3. The van der Waals surface area contributed by atoms with Gasteiger partial charge < -0.3 is 5.32 Å². The van der Waals surface area contributed by atoms with Crippen LogP contribution in [0, 0.1) is 10.1 Å². The number of aromatic nitrogens is 2. The van der Waals surface area contributed by atoms with Gasteiger partial charge in [0.05, 0.1) is 27.3 Å². The number of nitrogens with one attached hydrogen (secondary N) is 1. The van der Waals surface area contributed by atoms with Crippen LogP contribution in [0.1, 0.15) is 31.9 Å². The Morgan fingerprint density at radius 1 is 1.05 bits per heavy atom. The summed E-state index contributed by atoms with van der Waals surface area (Å²) < 4.78 is 41.6. The third-order valence-electron chi connectivity index (χ3n) is 5.59. The Bertz CT molecular complexity index is 1490. The molecule has 0 fully saturated rings. The van der Waals surface area contributed by atoms with Crippen molar-refractivity contribution >= 4 is 40.1 Å². The fourth-order valence-electron chi connectivity index (χ4n) is 3.89. The molecule has 7 nitrogen and oxygen atoms in total. The van der Waals surface area contributed by atoms with Crippen molar-refractivity contribution in [3.8, 4) is 5.69 Å². The van der Waals surface area contributed by atoms with Crippen LogP contribution < -0.4 is 5.32 Å². The zero-order valence-corrected chi connectivity index (χ0v) is 21.0. The van der Waals surface area contributed by atoms with Crippen LogP contribution >= 0.6 is 11.8 Å². The first-order valence-corrected chi connectivity index (χ1v) is 12.2. The predicted molar refractivity (Wildman–Crippen MR) is 137 cm³/mol. The third-order valence-corrected chi connectivity index (χ3v) is 6.53. The van der Waals surface area contributed by atoms with Crippen LogP contribution in [0.2, 0.25) is 0 Å². The average Bonchev–Trinajstić information content (AvgIpc) is 3.19. The first kappa shape index (κ1) is 26.2. The highest BCUT2D eigenvalue weighted by molar-refractivity contribution is 7.99. The molecular weight excluding hydrogens is 505 g/mol. The molecule has 0 atom stereocenters. The number of carbonyl (C=O) groups is 1. The van der Waals surface area contributed by atoms with E-state index in [9.17, 15) is 28.1 Å². The summed E-state index contributed by atoms with van der Waals surface area (Å²) in [5.41, 5.74) is 1.16. The second-order valence-corrected chi connectivity index (χ2v) is 10.3. The van der Waals surface area contributed by atoms with E-state index < -0.39 is 16.7 Å². The Balaban J connectivity index is 1.69. The molecule has 4 aromatic rings. The van der Waals surface area contributed by atoms with Gasteiger partial charge in [-0.25, -0.2) is 4.98 Å². The zero-order valence-electron chi connectivity index (χ0n) is 20.2. The minimum atomic E-state index is -4.56. The standard InChI is InChI=1S/C26H23F3N4O3S/c1-25(2,3)19-9-4-5-10-20(19)30-23(34)15-37-24-31-21-14-18(33(35)36)11-12-22(21)32(24)17-8-6-7-16(13-17)26(27,28)29/h4-14H,15H2,1-3H3,(H,30,34). The number of carbonyl (C=O) groups excluding carboxylic acids is 1. The van der Waals surface area contributed by atoms with Gasteiger partial charge in [0.15, 0.2) is 5.16 Å². The highest BCUT2D eigenvalue weighted by Gasteiger charge is 2.31. The lowest BCUT2D eigenvalue weighted by Gasteiger charge is -2.23. The van der Waals surface area contributed by atoms with Gasteiger partial charge in [0.2, 0.25) is 5.91 Å². The Hall–Kier alpha value is -3.86. The van der Waals surface area contributed by atoms with Gasteiger partial charge in [-0.05, 0) is 41.3 Å². The van der Waals surface area contributed by atoms with E-state index in [0.717, 1.165) is 29.5 Å². The van der Waals surface area contributed by atoms with E-state index in [1.165, 1.54) is 34.9 Å². The van der Waals surface area contributed by atoms with Crippen molar-refractivity contribution in [2.75, 3.05) is 11.1 Å². The number of amides is 1. The van der Waals surface area contributed by atoms with Crippen molar-refractivity contribution in [3.05, 3.63) is 88.0 Å². The van der Waals surface area contributed by atoms with E-state index in [1.54, 1.807) is 6.07 Å². The minimum absolute atomic E-state index is 0.0805. The molecule has 0 radical (unpaired) electrons. The summed E-state index contributed by atoms with van der Waals surface area (Å²) in [5.74, 6) is -0.404. The van der Waals surface area contributed by atoms with Crippen molar-refractivity contribution in [1.29, 1.82) is 0 Å². The first-order chi connectivity index (χ1) is 17.3. The summed E-state index contributed by atoms with van der Waals surface area (Å²) in [6, 6.07) is 16.1. The molecule has 0 aliphatic rings. The summed E-state index contributed by atoms with van der Waals surface area (Å²) in [6.07, 6.45) is -4.56. The lowest BCUT2D eigenvalue weighted by Crippen LogP contribution is -2.20. The molecule has 1 heterocycles. The number of alkyl halides is 3. The normalized spacial score (nSPS) is 12.1. The van der Waals surface area contributed by atoms with Crippen molar-refractivity contribution in [3.63, 3.8) is 0 Å². The van der Waals surface area contributed by atoms with Gasteiger partial charge in [-0.2, -0.15) is 13.2 Å². The molecule has 3 aromatic carbocycles. The van der Waals surface area contributed by atoms with Gasteiger partial charge in [0.25, 0.3) is 5.69 Å². The van der Waals surface area contributed by atoms with Crippen LogP contribution in [0.4, 0.5) is 24.5 Å². The van der Waals surface area contributed by atoms with E-state index >= 15 is 0 Å². The number of nitro benzene ring substituents is 1. The van der Waals surface area contributed by atoms with Crippen LogP contribution in [0.3, 0.4) is 0 Å². The Morgan fingerprint density at radius 3 is 2.46 bits per heavy atom. The Kier molecular flexibility index (Phi) is 7.00. The van der Waals surface area contributed by atoms with E-state index in [-0.39, 0.29) is 39.1 Å². The van der Waals surface area contributed by atoms with E-state index in [2.05, 4.69) is 10.3 Å². The predicted octanol–water partition coefficient (Wildman–Crippen LogP) is 6.98. The number of nitro groups is 1. The first-order valence-electron chi connectivity index (χ1n) is 11.2. The monoisotopic (exact) mass is 528 g/mol. The summed E-state index contributed by atoms with van der Waals surface area (Å²) in [6.45, 7) is 6.09. The van der Waals surface area contributed by atoms with E-state index in [0.29, 0.717) is 11.2 Å². The fraction of sp³-hybridized carbons (Fsp3) is 0.231. The smallest absolute Gasteiger partial charge is 0.325 e. The van der Waals surface area contributed by atoms with Crippen molar-refractivity contribution in [1.82, 2.24) is 9.55 Å². The molecule has 0 unspecified atom stereocenters. The molecule has 0 aliphatic carbocycles. The summed E-state index contributed by atoms with van der Waals surface area (Å²) in [4.78, 5) is 27.9. The van der Waals surface area contributed by atoms with Crippen LogP contribution in [-0.4, -0.2) is 26.1 Å². The number of thioether (sulfide) groups is 1. The van der Waals surface area contributed by atoms with Crippen molar-refractivity contribution in [2.24, 2.45) is 0 Å². The molecule has 192 valence electrons. The molecule has 1 aromatic heterocycles. The van der Waals surface area contributed by atoms with Gasteiger partial charge in [-0.3, -0.25) is 19.5 Å². The van der Waals surface area contributed by atoms with Gasteiger partial charge in [-0.15, -0.1) is 0 Å². The van der Waals surface area contributed by atoms with Gasteiger partial charge in [-0.1, -0.05) is 56.8 Å².